The van der Waals surface area contributed by atoms with Gasteiger partial charge in [-0.15, -0.1) is 21.5 Å². The number of rotatable bonds is 8. The third kappa shape index (κ3) is 4.23. The van der Waals surface area contributed by atoms with Gasteiger partial charge in [0.2, 0.25) is 5.91 Å². The van der Waals surface area contributed by atoms with Crippen LogP contribution in [0, 0.1) is 0 Å². The molecule has 2 heterocycles. The Bertz CT molecular complexity index is 934. The molecule has 146 valence electrons. The number of amides is 1. The van der Waals surface area contributed by atoms with Crippen LogP contribution in [0.25, 0.3) is 10.7 Å². The van der Waals surface area contributed by atoms with Gasteiger partial charge >= 0.3 is 0 Å². The van der Waals surface area contributed by atoms with Crippen LogP contribution in [0.5, 0.6) is 5.75 Å². The molecule has 28 heavy (non-hydrogen) atoms. The zero-order valence-electron chi connectivity index (χ0n) is 15.8. The Morgan fingerprint density at radius 3 is 2.75 bits per heavy atom. The van der Waals surface area contributed by atoms with E-state index in [-0.39, 0.29) is 11.2 Å². The maximum atomic E-state index is 12.6. The van der Waals surface area contributed by atoms with Gasteiger partial charge in [0.15, 0.2) is 11.0 Å². The highest BCUT2D eigenvalue weighted by Crippen LogP contribution is 2.42. The van der Waals surface area contributed by atoms with E-state index in [1.165, 1.54) is 11.8 Å². The van der Waals surface area contributed by atoms with Crippen LogP contribution in [-0.2, 0) is 4.79 Å². The highest BCUT2D eigenvalue weighted by molar-refractivity contribution is 8.00. The van der Waals surface area contributed by atoms with Crippen molar-refractivity contribution in [1.29, 1.82) is 0 Å². The molecule has 0 bridgehead atoms. The first-order chi connectivity index (χ1) is 13.7. The lowest BCUT2D eigenvalue weighted by molar-refractivity contribution is -0.115. The topological polar surface area (TPSA) is 69.0 Å². The average Bonchev–Trinajstić information content (AvgIpc) is 3.22. The van der Waals surface area contributed by atoms with E-state index < -0.39 is 0 Å². The Kier molecular flexibility index (Phi) is 5.68. The van der Waals surface area contributed by atoms with E-state index in [0.29, 0.717) is 12.6 Å². The number of thioether (sulfide) groups is 1. The molecule has 0 aliphatic heterocycles. The van der Waals surface area contributed by atoms with Crippen LogP contribution in [0.2, 0.25) is 0 Å². The van der Waals surface area contributed by atoms with E-state index in [2.05, 4.69) is 26.1 Å². The zero-order chi connectivity index (χ0) is 19.5. The normalized spacial score (nSPS) is 14.6. The second-order valence-corrected chi connectivity index (χ2v) is 8.85. The van der Waals surface area contributed by atoms with Crippen LogP contribution in [0.4, 0.5) is 5.69 Å². The molecule has 0 saturated heterocycles. The van der Waals surface area contributed by atoms with Gasteiger partial charge in [0.1, 0.15) is 5.75 Å². The van der Waals surface area contributed by atoms with Gasteiger partial charge in [-0.2, -0.15) is 0 Å². The third-order valence-electron chi connectivity index (χ3n) is 4.40. The van der Waals surface area contributed by atoms with Gasteiger partial charge in [-0.3, -0.25) is 9.36 Å². The lowest BCUT2D eigenvalue weighted by atomic mass is 10.3. The maximum Gasteiger partial charge on any atom is 0.237 e. The molecule has 1 unspecified atom stereocenters. The molecule has 1 amide bonds. The fourth-order valence-electron chi connectivity index (χ4n) is 2.85. The molecular weight excluding hydrogens is 392 g/mol. The Morgan fingerprint density at radius 2 is 2.11 bits per heavy atom. The van der Waals surface area contributed by atoms with Crippen LogP contribution in [0.3, 0.4) is 0 Å². The second-order valence-electron chi connectivity index (χ2n) is 6.59. The SMILES string of the molecule is CCOc1ccc(NC(=O)C(C)Sc2nnc(-c3cccs3)n2C2CC2)cc1. The van der Waals surface area contributed by atoms with Crippen LogP contribution < -0.4 is 10.1 Å². The second kappa shape index (κ2) is 8.36. The number of aromatic nitrogens is 3. The van der Waals surface area contributed by atoms with Crippen molar-refractivity contribution in [3.63, 3.8) is 0 Å². The number of benzene rings is 1. The fourth-order valence-corrected chi connectivity index (χ4v) is 4.47. The van der Waals surface area contributed by atoms with Gasteiger partial charge in [0.25, 0.3) is 0 Å². The summed E-state index contributed by atoms with van der Waals surface area (Å²) in [6.45, 7) is 4.46. The first-order valence-electron chi connectivity index (χ1n) is 9.35. The molecule has 8 heteroatoms. The Morgan fingerprint density at radius 1 is 1.32 bits per heavy atom. The summed E-state index contributed by atoms with van der Waals surface area (Å²) in [6, 6.07) is 11.9. The summed E-state index contributed by atoms with van der Waals surface area (Å²) in [5, 5.41) is 14.3. The molecule has 1 aliphatic carbocycles. The van der Waals surface area contributed by atoms with Crippen LogP contribution in [0.15, 0.2) is 46.9 Å². The maximum absolute atomic E-state index is 12.6. The van der Waals surface area contributed by atoms with Crippen molar-refractivity contribution in [3.05, 3.63) is 41.8 Å². The highest BCUT2D eigenvalue weighted by atomic mass is 32.2. The zero-order valence-corrected chi connectivity index (χ0v) is 17.4. The van der Waals surface area contributed by atoms with Crippen LogP contribution in [0.1, 0.15) is 32.7 Å². The quantitative estimate of drug-likeness (QED) is 0.533. The minimum atomic E-state index is -0.288. The van der Waals surface area contributed by atoms with Crippen molar-refractivity contribution in [2.45, 2.75) is 43.1 Å². The Labute approximate surface area is 172 Å². The smallest absolute Gasteiger partial charge is 0.237 e. The minimum absolute atomic E-state index is 0.0582. The van der Waals surface area contributed by atoms with Crippen molar-refractivity contribution in [2.75, 3.05) is 11.9 Å². The van der Waals surface area contributed by atoms with Gasteiger partial charge < -0.3 is 10.1 Å². The number of nitrogens with zero attached hydrogens (tertiary/aromatic N) is 3. The average molecular weight is 415 g/mol. The molecule has 3 aromatic rings. The predicted molar refractivity (Wildman–Crippen MR) is 113 cm³/mol. The molecule has 1 aliphatic rings. The number of anilines is 1. The highest BCUT2D eigenvalue weighted by Gasteiger charge is 2.31. The first kappa shape index (κ1) is 19.0. The molecule has 2 aromatic heterocycles. The third-order valence-corrected chi connectivity index (χ3v) is 6.32. The van der Waals surface area contributed by atoms with Crippen LogP contribution >= 0.6 is 23.1 Å². The van der Waals surface area contributed by atoms with E-state index in [0.717, 1.165) is 40.1 Å². The molecule has 4 rings (SSSR count). The summed E-state index contributed by atoms with van der Waals surface area (Å²) in [4.78, 5) is 13.8. The number of hydrogen-bond donors (Lipinski definition) is 1. The van der Waals surface area contributed by atoms with E-state index in [1.54, 1.807) is 11.3 Å². The number of hydrogen-bond acceptors (Lipinski definition) is 6. The van der Waals surface area contributed by atoms with E-state index in [1.807, 2.05) is 49.6 Å². The molecule has 1 aromatic carbocycles. The number of nitrogens with one attached hydrogen (secondary N) is 1. The largest absolute Gasteiger partial charge is 0.494 e. The first-order valence-corrected chi connectivity index (χ1v) is 11.1. The van der Waals surface area contributed by atoms with Gasteiger partial charge in [-0.05, 0) is 62.4 Å². The lowest BCUT2D eigenvalue weighted by Crippen LogP contribution is -2.22. The molecule has 1 fully saturated rings. The molecule has 0 radical (unpaired) electrons. The number of carbonyl (C=O) groups is 1. The Hall–Kier alpha value is -2.32. The van der Waals surface area contributed by atoms with Gasteiger partial charge in [0, 0.05) is 11.7 Å². The van der Waals surface area contributed by atoms with Crippen molar-refractivity contribution in [3.8, 4) is 16.5 Å². The molecule has 1 N–H and O–H groups in total. The minimum Gasteiger partial charge on any atom is -0.494 e. The van der Waals surface area contributed by atoms with Gasteiger partial charge in [-0.1, -0.05) is 17.8 Å². The van der Waals surface area contributed by atoms with Crippen molar-refractivity contribution >= 4 is 34.7 Å². The molecule has 1 atom stereocenters. The summed E-state index contributed by atoms with van der Waals surface area (Å²) in [7, 11) is 0. The van der Waals surface area contributed by atoms with E-state index in [4.69, 9.17) is 4.74 Å². The number of thiophene rings is 1. The summed E-state index contributed by atoms with van der Waals surface area (Å²) in [5.41, 5.74) is 0.754. The monoisotopic (exact) mass is 414 g/mol. The molecular formula is C20H22N4O2S2. The van der Waals surface area contributed by atoms with Gasteiger partial charge in [0.05, 0.1) is 16.7 Å². The van der Waals surface area contributed by atoms with Crippen molar-refractivity contribution in [1.82, 2.24) is 14.8 Å². The summed E-state index contributed by atoms with van der Waals surface area (Å²) in [6.07, 6.45) is 2.27. The van der Waals surface area contributed by atoms with Crippen LogP contribution in [-0.4, -0.2) is 32.5 Å². The van der Waals surface area contributed by atoms with E-state index >= 15 is 0 Å². The summed E-state index contributed by atoms with van der Waals surface area (Å²) in [5.74, 6) is 1.64. The van der Waals surface area contributed by atoms with Gasteiger partial charge in [-0.25, -0.2) is 0 Å². The van der Waals surface area contributed by atoms with Crippen molar-refractivity contribution < 1.29 is 9.53 Å². The van der Waals surface area contributed by atoms with E-state index in [9.17, 15) is 4.79 Å². The Balaban J connectivity index is 1.44. The summed E-state index contributed by atoms with van der Waals surface area (Å²) >= 11 is 3.11. The molecule has 1 saturated carbocycles. The number of ether oxygens (including phenoxy) is 1. The summed E-state index contributed by atoms with van der Waals surface area (Å²) < 4.78 is 7.62. The fraction of sp³-hybridized carbons (Fsp3) is 0.350. The lowest BCUT2D eigenvalue weighted by Gasteiger charge is -2.13. The van der Waals surface area contributed by atoms with Crippen molar-refractivity contribution in [2.24, 2.45) is 0 Å². The predicted octanol–water partition coefficient (Wildman–Crippen LogP) is 4.86. The standard InChI is InChI=1S/C20H22N4O2S2/c1-3-26-16-10-6-14(7-11-16)21-19(25)13(2)28-20-23-22-18(17-5-4-12-27-17)24(20)15-8-9-15/h4-7,10-13,15H,3,8-9H2,1-2H3,(H,21,25). The number of carbonyl (C=O) groups excluding carboxylic acids is 1. The molecule has 6 nitrogen and oxygen atoms in total. The molecule has 0 spiro atoms.